The normalized spacial score (nSPS) is 13.4. The molecule has 2 aliphatic rings. The van der Waals surface area contributed by atoms with Crippen LogP contribution in [0.1, 0.15) is 22.3 Å². The van der Waals surface area contributed by atoms with E-state index in [4.69, 9.17) is 0 Å². The molecule has 10 rings (SSSR count). The van der Waals surface area contributed by atoms with Crippen LogP contribution in [0, 0.1) is 5.82 Å². The molecule has 0 fully saturated rings. The maximum absolute atomic E-state index is 15.9. The fraction of sp³-hybridized carbons (Fsp3) is 0.0222. The lowest BCUT2D eigenvalue weighted by atomic mass is 9.70. The summed E-state index contributed by atoms with van der Waals surface area (Å²) >= 11 is 0. The van der Waals surface area contributed by atoms with E-state index in [0.717, 1.165) is 22.1 Å². The molecule has 1 spiro atoms. The molecule has 2 heteroatoms. The molecular formula is C45H28FN. The number of anilines is 3. The SMILES string of the molecule is Fc1ccccc1N(c1ccccc1)c1cc2c(c3ccccc13)-c1cc3ccccc3cc1C21c2ccccc2-c2ccccc21. The predicted molar refractivity (Wildman–Crippen MR) is 192 cm³/mol. The van der Waals surface area contributed by atoms with E-state index in [9.17, 15) is 0 Å². The van der Waals surface area contributed by atoms with Gasteiger partial charge in [-0.25, -0.2) is 4.39 Å². The summed E-state index contributed by atoms with van der Waals surface area (Å²) in [4.78, 5) is 2.10. The molecule has 0 aliphatic heterocycles. The summed E-state index contributed by atoms with van der Waals surface area (Å²) in [6.45, 7) is 0. The van der Waals surface area contributed by atoms with Crippen molar-refractivity contribution >= 4 is 38.6 Å². The van der Waals surface area contributed by atoms with Crippen LogP contribution in [-0.2, 0) is 5.41 Å². The average Bonchev–Trinajstić information content (AvgIpc) is 3.59. The van der Waals surface area contributed by atoms with Gasteiger partial charge in [0, 0.05) is 11.1 Å². The molecule has 8 aromatic rings. The van der Waals surface area contributed by atoms with Gasteiger partial charge in [0.15, 0.2) is 0 Å². The molecule has 0 unspecified atom stereocenters. The van der Waals surface area contributed by atoms with E-state index in [-0.39, 0.29) is 5.82 Å². The van der Waals surface area contributed by atoms with Crippen LogP contribution >= 0.6 is 0 Å². The molecule has 0 atom stereocenters. The smallest absolute Gasteiger partial charge is 0.147 e. The number of fused-ring (bicyclic) bond motifs is 13. The Balaban J connectivity index is 1.41. The molecule has 0 heterocycles. The monoisotopic (exact) mass is 601 g/mol. The molecule has 0 bridgehead atoms. The largest absolute Gasteiger partial charge is 0.307 e. The summed E-state index contributed by atoms with van der Waals surface area (Å²) in [5.74, 6) is -0.262. The van der Waals surface area contributed by atoms with Gasteiger partial charge in [0.2, 0.25) is 0 Å². The molecule has 0 aromatic heterocycles. The Morgan fingerprint density at radius 2 is 0.979 bits per heavy atom. The minimum atomic E-state index is -0.543. The number of rotatable bonds is 3. The molecule has 1 nitrogen and oxygen atoms in total. The van der Waals surface area contributed by atoms with Gasteiger partial charge in [0.05, 0.1) is 16.8 Å². The molecule has 0 radical (unpaired) electrons. The average molecular weight is 602 g/mol. The summed E-state index contributed by atoms with van der Waals surface area (Å²) in [6, 6.07) is 59.5. The zero-order valence-corrected chi connectivity index (χ0v) is 25.5. The predicted octanol–water partition coefficient (Wildman–Crippen LogP) is 11.9. The summed E-state index contributed by atoms with van der Waals surface area (Å²) in [5, 5.41) is 4.68. The van der Waals surface area contributed by atoms with Crippen LogP contribution in [0.4, 0.5) is 21.5 Å². The van der Waals surface area contributed by atoms with Crippen molar-refractivity contribution in [2.75, 3.05) is 4.90 Å². The molecule has 220 valence electrons. The summed E-state index contributed by atoms with van der Waals surface area (Å²) < 4.78 is 15.9. The Morgan fingerprint density at radius 1 is 0.404 bits per heavy atom. The second-order valence-electron chi connectivity index (χ2n) is 12.6. The highest BCUT2D eigenvalue weighted by molar-refractivity contribution is 6.13. The maximum atomic E-state index is 15.9. The molecule has 8 aromatic carbocycles. The van der Waals surface area contributed by atoms with E-state index in [1.54, 1.807) is 12.1 Å². The van der Waals surface area contributed by atoms with E-state index >= 15 is 4.39 Å². The van der Waals surface area contributed by atoms with E-state index in [1.807, 2.05) is 30.3 Å². The number of halogens is 1. The lowest BCUT2D eigenvalue weighted by Crippen LogP contribution is -2.26. The van der Waals surface area contributed by atoms with Gasteiger partial charge in [-0.05, 0) is 103 Å². The zero-order valence-electron chi connectivity index (χ0n) is 25.5. The highest BCUT2D eigenvalue weighted by Gasteiger charge is 2.52. The standard InChI is InChI=1S/C45H28FN/c46-41-24-12-13-25-42(41)47(31-16-2-1-3-17-31)43-28-40-44(35-21-7-6-20-34(35)43)36-26-29-14-4-5-15-30(29)27-39(36)45(40)37-22-10-8-18-32(37)33-19-9-11-23-38(33)45/h1-28H. The minimum absolute atomic E-state index is 0.262. The van der Waals surface area contributed by atoms with Crippen molar-refractivity contribution in [2.24, 2.45) is 0 Å². The zero-order chi connectivity index (χ0) is 31.1. The molecular weight excluding hydrogens is 574 g/mol. The van der Waals surface area contributed by atoms with Crippen molar-refractivity contribution in [1.82, 2.24) is 0 Å². The van der Waals surface area contributed by atoms with Gasteiger partial charge in [-0.3, -0.25) is 0 Å². The fourth-order valence-corrected chi connectivity index (χ4v) is 8.46. The van der Waals surface area contributed by atoms with Gasteiger partial charge in [0.25, 0.3) is 0 Å². The maximum Gasteiger partial charge on any atom is 0.147 e. The summed E-state index contributed by atoms with van der Waals surface area (Å²) in [5.41, 5.74) is 12.0. The second-order valence-corrected chi connectivity index (χ2v) is 12.6. The van der Waals surface area contributed by atoms with Crippen LogP contribution in [0.25, 0.3) is 43.8 Å². The Morgan fingerprint density at radius 3 is 1.70 bits per heavy atom. The minimum Gasteiger partial charge on any atom is -0.307 e. The van der Waals surface area contributed by atoms with Crippen molar-refractivity contribution in [3.63, 3.8) is 0 Å². The van der Waals surface area contributed by atoms with E-state index < -0.39 is 5.41 Å². The van der Waals surface area contributed by atoms with Gasteiger partial charge in [0.1, 0.15) is 5.82 Å². The van der Waals surface area contributed by atoms with Crippen LogP contribution in [0.15, 0.2) is 170 Å². The first-order chi connectivity index (χ1) is 23.2. The fourth-order valence-electron chi connectivity index (χ4n) is 8.46. The van der Waals surface area contributed by atoms with Gasteiger partial charge >= 0.3 is 0 Å². The molecule has 0 amide bonds. The second kappa shape index (κ2) is 9.75. The lowest BCUT2D eigenvalue weighted by molar-refractivity contribution is 0.629. The molecule has 47 heavy (non-hydrogen) atoms. The van der Waals surface area contributed by atoms with Crippen molar-refractivity contribution in [3.05, 3.63) is 198 Å². The third kappa shape index (κ3) is 3.47. The van der Waals surface area contributed by atoms with E-state index in [2.05, 4.69) is 132 Å². The Hall–Kier alpha value is -5.99. The van der Waals surface area contributed by atoms with Crippen LogP contribution in [0.3, 0.4) is 0 Å². The molecule has 2 aliphatic carbocycles. The first-order valence-corrected chi connectivity index (χ1v) is 16.1. The highest BCUT2D eigenvalue weighted by Crippen LogP contribution is 2.65. The van der Waals surface area contributed by atoms with Gasteiger partial charge in [-0.1, -0.05) is 127 Å². The number of hydrogen-bond donors (Lipinski definition) is 0. The van der Waals surface area contributed by atoms with Crippen LogP contribution in [0.5, 0.6) is 0 Å². The Bertz CT molecular complexity index is 2500. The van der Waals surface area contributed by atoms with Gasteiger partial charge < -0.3 is 4.90 Å². The number of nitrogens with zero attached hydrogens (tertiary/aromatic N) is 1. The quantitative estimate of drug-likeness (QED) is 0.195. The third-order valence-electron chi connectivity index (χ3n) is 10.3. The first-order valence-electron chi connectivity index (χ1n) is 16.1. The van der Waals surface area contributed by atoms with E-state index in [0.29, 0.717) is 5.69 Å². The van der Waals surface area contributed by atoms with Crippen molar-refractivity contribution in [1.29, 1.82) is 0 Å². The topological polar surface area (TPSA) is 3.24 Å². The van der Waals surface area contributed by atoms with Gasteiger partial charge in [-0.15, -0.1) is 0 Å². The van der Waals surface area contributed by atoms with Gasteiger partial charge in [-0.2, -0.15) is 0 Å². The Kier molecular flexibility index (Phi) is 5.45. The van der Waals surface area contributed by atoms with E-state index in [1.165, 1.54) is 55.3 Å². The van der Waals surface area contributed by atoms with Crippen molar-refractivity contribution in [3.8, 4) is 22.3 Å². The van der Waals surface area contributed by atoms with Crippen LogP contribution < -0.4 is 4.90 Å². The molecule has 0 saturated carbocycles. The number of benzene rings is 8. The number of hydrogen-bond acceptors (Lipinski definition) is 1. The highest BCUT2D eigenvalue weighted by atomic mass is 19.1. The molecule has 0 N–H and O–H groups in total. The van der Waals surface area contributed by atoms with Crippen molar-refractivity contribution in [2.45, 2.75) is 5.41 Å². The van der Waals surface area contributed by atoms with Crippen LogP contribution in [-0.4, -0.2) is 0 Å². The first kappa shape index (κ1) is 26.2. The van der Waals surface area contributed by atoms with Crippen LogP contribution in [0.2, 0.25) is 0 Å². The lowest BCUT2D eigenvalue weighted by Gasteiger charge is -2.33. The Labute approximate surface area is 272 Å². The summed E-state index contributed by atoms with van der Waals surface area (Å²) in [7, 11) is 0. The number of para-hydroxylation sites is 2. The molecule has 0 saturated heterocycles. The third-order valence-corrected chi connectivity index (χ3v) is 10.3. The van der Waals surface area contributed by atoms with Crippen molar-refractivity contribution < 1.29 is 4.39 Å². The summed E-state index contributed by atoms with van der Waals surface area (Å²) in [6.07, 6.45) is 0.